The Morgan fingerprint density at radius 3 is 2.46 bits per heavy atom. The number of nitrogens with one attached hydrogen (secondary N) is 2. The van der Waals surface area contributed by atoms with Crippen LogP contribution in [0.4, 0.5) is 5.69 Å². The average Bonchev–Trinajstić information content (AvgIpc) is 3.14. The Morgan fingerprint density at radius 1 is 1.19 bits per heavy atom. The van der Waals surface area contributed by atoms with Gasteiger partial charge in [-0.05, 0) is 37.1 Å². The molecule has 1 atom stereocenters. The Hall–Kier alpha value is -2.44. The van der Waals surface area contributed by atoms with Crippen LogP contribution in [-0.4, -0.2) is 55.6 Å². The lowest BCUT2D eigenvalue weighted by molar-refractivity contribution is -0.117. The van der Waals surface area contributed by atoms with E-state index in [1.54, 1.807) is 36.4 Å². The molecular formula is C20H27N3O3. The molecule has 1 aromatic carbocycles. The molecule has 26 heavy (non-hydrogen) atoms. The van der Waals surface area contributed by atoms with Gasteiger partial charge in [0.05, 0.1) is 12.6 Å². The van der Waals surface area contributed by atoms with Gasteiger partial charge in [-0.15, -0.1) is 13.2 Å². The zero-order chi connectivity index (χ0) is 18.8. The molecule has 2 N–H and O–H groups in total. The summed E-state index contributed by atoms with van der Waals surface area (Å²) >= 11 is 0. The zero-order valence-corrected chi connectivity index (χ0v) is 15.1. The van der Waals surface area contributed by atoms with E-state index in [-0.39, 0.29) is 24.5 Å². The summed E-state index contributed by atoms with van der Waals surface area (Å²) in [6, 6.07) is 6.85. The molecule has 1 fully saturated rings. The number of amides is 2. The van der Waals surface area contributed by atoms with Crippen LogP contribution in [0.1, 0.15) is 23.2 Å². The predicted molar refractivity (Wildman–Crippen MR) is 103 cm³/mol. The molecule has 6 heteroatoms. The van der Waals surface area contributed by atoms with Crippen molar-refractivity contribution in [2.24, 2.45) is 0 Å². The van der Waals surface area contributed by atoms with Crippen LogP contribution in [0.3, 0.4) is 0 Å². The van der Waals surface area contributed by atoms with E-state index in [4.69, 9.17) is 4.74 Å². The first kappa shape index (κ1) is 19.9. The summed E-state index contributed by atoms with van der Waals surface area (Å²) in [5.74, 6) is -0.259. The minimum Gasteiger partial charge on any atom is -0.376 e. The normalized spacial score (nSPS) is 16.3. The number of anilines is 1. The number of carbonyl (C=O) groups is 2. The number of ether oxygens (including phenoxy) is 1. The summed E-state index contributed by atoms with van der Waals surface area (Å²) in [4.78, 5) is 26.2. The van der Waals surface area contributed by atoms with Crippen molar-refractivity contribution in [1.29, 1.82) is 0 Å². The topological polar surface area (TPSA) is 70.7 Å². The molecule has 1 saturated heterocycles. The summed E-state index contributed by atoms with van der Waals surface area (Å²) in [5.41, 5.74) is 1.21. The Morgan fingerprint density at radius 2 is 1.88 bits per heavy atom. The van der Waals surface area contributed by atoms with Crippen molar-refractivity contribution in [3.63, 3.8) is 0 Å². The maximum Gasteiger partial charge on any atom is 0.251 e. The summed E-state index contributed by atoms with van der Waals surface area (Å²) in [6.07, 6.45) is 5.65. The highest BCUT2D eigenvalue weighted by Crippen LogP contribution is 2.12. The molecule has 1 aliphatic rings. The third-order valence-electron chi connectivity index (χ3n) is 4.09. The minimum atomic E-state index is -0.137. The maximum absolute atomic E-state index is 12.1. The molecule has 0 radical (unpaired) electrons. The van der Waals surface area contributed by atoms with Crippen molar-refractivity contribution >= 4 is 17.5 Å². The van der Waals surface area contributed by atoms with Crippen molar-refractivity contribution in [2.75, 3.05) is 38.1 Å². The number of hydrogen-bond acceptors (Lipinski definition) is 4. The fourth-order valence-electron chi connectivity index (χ4n) is 2.79. The molecule has 1 unspecified atom stereocenters. The van der Waals surface area contributed by atoms with Crippen LogP contribution in [-0.2, 0) is 9.53 Å². The summed E-state index contributed by atoms with van der Waals surface area (Å²) in [7, 11) is 0. The number of nitrogens with zero attached hydrogens (tertiary/aromatic N) is 1. The van der Waals surface area contributed by atoms with E-state index in [1.807, 2.05) is 4.90 Å². The molecule has 0 aromatic heterocycles. The lowest BCUT2D eigenvalue weighted by atomic mass is 10.2. The maximum atomic E-state index is 12.1. The van der Waals surface area contributed by atoms with Crippen LogP contribution in [0.15, 0.2) is 49.6 Å². The fraction of sp³-hybridized carbons (Fsp3) is 0.400. The molecule has 2 amide bonds. The Labute approximate surface area is 154 Å². The minimum absolute atomic E-state index is 0.117. The Bertz CT molecular complexity index is 612. The second kappa shape index (κ2) is 10.5. The summed E-state index contributed by atoms with van der Waals surface area (Å²) in [5, 5.41) is 5.71. The van der Waals surface area contributed by atoms with Gasteiger partial charge in [0.15, 0.2) is 0 Å². The molecule has 1 heterocycles. The largest absolute Gasteiger partial charge is 0.376 e. The average molecular weight is 357 g/mol. The van der Waals surface area contributed by atoms with Crippen molar-refractivity contribution in [3.8, 4) is 0 Å². The van der Waals surface area contributed by atoms with Crippen LogP contribution >= 0.6 is 0 Å². The SMILES string of the molecule is C=CCN(CC=C)CC(=O)Nc1ccc(C(=O)NCC2CCCO2)cc1. The molecule has 0 aliphatic carbocycles. The third kappa shape index (κ3) is 6.46. The third-order valence-corrected chi connectivity index (χ3v) is 4.09. The standard InChI is InChI=1S/C20H27N3O3/c1-3-11-23(12-4-2)15-19(24)22-17-9-7-16(8-10-17)20(25)21-14-18-6-5-13-26-18/h3-4,7-10,18H,1-2,5-6,11-15H2,(H,21,25)(H,22,24). The number of benzene rings is 1. The van der Waals surface area contributed by atoms with E-state index in [2.05, 4.69) is 23.8 Å². The second-order valence-electron chi connectivity index (χ2n) is 6.24. The van der Waals surface area contributed by atoms with E-state index in [9.17, 15) is 9.59 Å². The quantitative estimate of drug-likeness (QED) is 0.630. The van der Waals surface area contributed by atoms with Crippen LogP contribution in [0.5, 0.6) is 0 Å². The monoisotopic (exact) mass is 357 g/mol. The van der Waals surface area contributed by atoms with Crippen molar-refractivity contribution in [2.45, 2.75) is 18.9 Å². The van der Waals surface area contributed by atoms with E-state index < -0.39 is 0 Å². The molecule has 0 saturated carbocycles. The van der Waals surface area contributed by atoms with Gasteiger partial charge in [0, 0.05) is 37.5 Å². The van der Waals surface area contributed by atoms with E-state index in [0.29, 0.717) is 30.9 Å². The number of hydrogen-bond donors (Lipinski definition) is 2. The first-order chi connectivity index (χ1) is 12.6. The first-order valence-corrected chi connectivity index (χ1v) is 8.86. The zero-order valence-electron chi connectivity index (χ0n) is 15.1. The number of carbonyl (C=O) groups excluding carboxylic acids is 2. The molecule has 0 bridgehead atoms. The smallest absolute Gasteiger partial charge is 0.251 e. The molecule has 2 rings (SSSR count). The van der Waals surface area contributed by atoms with Gasteiger partial charge in [-0.3, -0.25) is 14.5 Å². The van der Waals surface area contributed by atoms with Crippen molar-refractivity contribution < 1.29 is 14.3 Å². The Kier molecular flexibility index (Phi) is 8.05. The highest BCUT2D eigenvalue weighted by atomic mass is 16.5. The van der Waals surface area contributed by atoms with Crippen molar-refractivity contribution in [1.82, 2.24) is 10.2 Å². The second-order valence-corrected chi connectivity index (χ2v) is 6.24. The molecule has 0 spiro atoms. The first-order valence-electron chi connectivity index (χ1n) is 8.86. The van der Waals surface area contributed by atoms with Gasteiger partial charge in [-0.25, -0.2) is 0 Å². The predicted octanol–water partition coefficient (Wildman–Crippen LogP) is 2.21. The van der Waals surface area contributed by atoms with Gasteiger partial charge >= 0.3 is 0 Å². The molecule has 6 nitrogen and oxygen atoms in total. The van der Waals surface area contributed by atoms with Crippen LogP contribution in [0.2, 0.25) is 0 Å². The van der Waals surface area contributed by atoms with E-state index in [1.165, 1.54) is 0 Å². The lowest BCUT2D eigenvalue weighted by Gasteiger charge is -2.18. The number of rotatable bonds is 10. The van der Waals surface area contributed by atoms with Crippen molar-refractivity contribution in [3.05, 3.63) is 55.1 Å². The Balaban J connectivity index is 1.81. The van der Waals surface area contributed by atoms with Gasteiger partial charge < -0.3 is 15.4 Å². The molecule has 1 aromatic rings. The molecule has 1 aliphatic heterocycles. The highest BCUT2D eigenvalue weighted by Gasteiger charge is 2.16. The van der Waals surface area contributed by atoms with Gasteiger partial charge in [0.2, 0.25) is 5.91 Å². The van der Waals surface area contributed by atoms with Crippen LogP contribution < -0.4 is 10.6 Å². The van der Waals surface area contributed by atoms with Gasteiger partial charge in [0.1, 0.15) is 0 Å². The highest BCUT2D eigenvalue weighted by molar-refractivity contribution is 5.96. The van der Waals surface area contributed by atoms with Gasteiger partial charge in [-0.1, -0.05) is 12.2 Å². The van der Waals surface area contributed by atoms with Gasteiger partial charge in [-0.2, -0.15) is 0 Å². The van der Waals surface area contributed by atoms with E-state index in [0.717, 1.165) is 19.4 Å². The van der Waals surface area contributed by atoms with Crippen LogP contribution in [0.25, 0.3) is 0 Å². The van der Waals surface area contributed by atoms with Gasteiger partial charge in [0.25, 0.3) is 5.91 Å². The lowest BCUT2D eigenvalue weighted by Crippen LogP contribution is -2.33. The van der Waals surface area contributed by atoms with E-state index >= 15 is 0 Å². The molecule has 140 valence electrons. The van der Waals surface area contributed by atoms with Crippen LogP contribution in [0, 0.1) is 0 Å². The summed E-state index contributed by atoms with van der Waals surface area (Å²) in [6.45, 7) is 10.2. The molecular weight excluding hydrogens is 330 g/mol. The fourth-order valence-corrected chi connectivity index (χ4v) is 2.79. The summed E-state index contributed by atoms with van der Waals surface area (Å²) < 4.78 is 5.49.